The number of thiophene rings is 5. The molecule has 120 heavy (non-hydrogen) atoms. The number of benzene rings is 5. The maximum Gasteiger partial charge on any atom is 0.351 e. The third kappa shape index (κ3) is 25.2. The molecular weight excluding hydrogens is 1800 g/mol. The van der Waals surface area contributed by atoms with E-state index in [2.05, 4.69) is 55.5 Å². The predicted molar refractivity (Wildman–Crippen MR) is 451 cm³/mol. The number of amides is 2. The summed E-state index contributed by atoms with van der Waals surface area (Å²) in [7, 11) is 10.1. The summed E-state index contributed by atoms with van der Waals surface area (Å²) >= 11 is 12.3. The molecule has 0 saturated carbocycles. The zero-order valence-electron chi connectivity index (χ0n) is 65.4. The Morgan fingerprint density at radius 1 is 0.358 bits per heavy atom. The fourth-order valence-electron chi connectivity index (χ4n) is 11.6. The highest BCUT2D eigenvalue weighted by Gasteiger charge is 2.29. The van der Waals surface area contributed by atoms with Crippen molar-refractivity contribution in [3.8, 4) is 28.7 Å². The van der Waals surface area contributed by atoms with Gasteiger partial charge in [0.05, 0.1) is 78.7 Å². The van der Waals surface area contributed by atoms with Crippen molar-refractivity contribution in [2.24, 2.45) is 0 Å². The number of aldehydes is 1. The average Bonchev–Trinajstić information content (AvgIpc) is 1.74. The highest BCUT2D eigenvalue weighted by molar-refractivity contribution is 9.28. The maximum absolute atomic E-state index is 12.5. The molecule has 0 unspecified atom stereocenters. The quantitative estimate of drug-likeness (QED) is 0.0244. The topological polar surface area (TPSA) is 426 Å². The Kier molecular flexibility index (Phi) is 35.6. The molecule has 0 spiro atoms. The lowest BCUT2D eigenvalue weighted by Gasteiger charge is -2.26. The van der Waals surface area contributed by atoms with Gasteiger partial charge in [-0.1, -0.05) is 24.3 Å². The van der Waals surface area contributed by atoms with Crippen LogP contribution in [-0.2, 0) is 84.3 Å². The first-order valence-electron chi connectivity index (χ1n) is 35.8. The summed E-state index contributed by atoms with van der Waals surface area (Å²) in [5.41, 5.74) is 3.19. The van der Waals surface area contributed by atoms with Gasteiger partial charge in [-0.25, -0.2) is 52.7 Å². The van der Waals surface area contributed by atoms with Gasteiger partial charge in [0.25, 0.3) is 0 Å². The van der Waals surface area contributed by atoms with Crippen LogP contribution >= 0.6 is 88.5 Å². The van der Waals surface area contributed by atoms with Crippen LogP contribution in [0, 0.1) is 0 Å². The van der Waals surface area contributed by atoms with Crippen molar-refractivity contribution in [3.05, 3.63) is 147 Å². The van der Waals surface area contributed by atoms with Gasteiger partial charge in [-0.2, -0.15) is 0 Å². The maximum atomic E-state index is 12.5. The second kappa shape index (κ2) is 45.5. The number of halogens is 2. The predicted octanol–water partition coefficient (Wildman–Crippen LogP) is 13.7. The molecular formula is C81H78Br2N2O30S5. The van der Waals surface area contributed by atoms with Crippen molar-refractivity contribution in [2.45, 2.75) is 51.4 Å². The number of hydrogen-bond donors (Lipinski definition) is 3. The minimum Gasteiger partial charge on any atom is -0.479 e. The second-order valence-corrected chi connectivity index (χ2v) is 33.2. The van der Waals surface area contributed by atoms with Crippen molar-refractivity contribution in [1.29, 1.82) is 0 Å². The van der Waals surface area contributed by atoms with Crippen LogP contribution in [0.3, 0.4) is 0 Å². The summed E-state index contributed by atoms with van der Waals surface area (Å²) in [5, 5.41) is 30.3. The summed E-state index contributed by atoms with van der Waals surface area (Å²) in [4.78, 5) is 166. The monoisotopic (exact) mass is 1880 g/mol. The van der Waals surface area contributed by atoms with E-state index in [1.54, 1.807) is 36.4 Å². The number of esters is 8. The zero-order valence-corrected chi connectivity index (χ0v) is 72.6. The van der Waals surface area contributed by atoms with Crippen molar-refractivity contribution in [3.63, 3.8) is 0 Å². The number of carbonyl (C=O) groups is 14. The lowest BCUT2D eigenvalue weighted by Crippen LogP contribution is -2.36. The van der Waals surface area contributed by atoms with Gasteiger partial charge in [-0.15, -0.1) is 56.7 Å². The summed E-state index contributed by atoms with van der Waals surface area (Å²) in [6.45, 7) is 1.33. The third-order valence-corrected chi connectivity index (χ3v) is 23.5. The first kappa shape index (κ1) is 93.9. The number of nitrogens with zero attached hydrogens (tertiary/aromatic N) is 2. The Morgan fingerprint density at radius 3 is 0.975 bits per heavy atom. The third-order valence-electron chi connectivity index (χ3n) is 17.5. The van der Waals surface area contributed by atoms with Gasteiger partial charge in [-0.05, 0) is 160 Å². The Bertz CT molecular complexity index is 5530. The van der Waals surface area contributed by atoms with Crippen LogP contribution in [0.2, 0.25) is 0 Å². The molecule has 32 nitrogen and oxygen atoms in total. The molecule has 636 valence electrons. The molecule has 10 aromatic rings. The van der Waals surface area contributed by atoms with Gasteiger partial charge in [0.2, 0.25) is 11.8 Å². The van der Waals surface area contributed by atoms with Gasteiger partial charge < -0.3 is 86.7 Å². The van der Waals surface area contributed by atoms with E-state index in [0.717, 1.165) is 127 Å². The fraction of sp³-hybridized carbons (Fsp3) is 0.309. The molecule has 0 radical (unpaired) electrons. The minimum atomic E-state index is -1.18. The van der Waals surface area contributed by atoms with Crippen molar-refractivity contribution < 1.29 is 144 Å². The molecule has 39 heteroatoms. The van der Waals surface area contributed by atoms with E-state index in [4.69, 9.17) is 48.1 Å². The minimum absolute atomic E-state index is 0.0410. The van der Waals surface area contributed by atoms with Crippen LogP contribution in [0.5, 0.6) is 28.7 Å². The fourth-order valence-corrected chi connectivity index (χ4v) is 17.7. The molecule has 2 aliphatic rings. The Morgan fingerprint density at radius 2 is 0.658 bits per heavy atom. The number of carboxylic acids is 3. The number of carbonyl (C=O) groups excluding carboxylic acids is 11. The Hall–Kier alpha value is -11.6. The first-order valence-corrected chi connectivity index (χ1v) is 41.5. The first-order chi connectivity index (χ1) is 57.5. The molecule has 5 aromatic carbocycles. The highest BCUT2D eigenvalue weighted by atomic mass is 79.9. The molecule has 7 heterocycles. The molecule has 0 bridgehead atoms. The number of methoxy groups -OCH3 is 8. The SMILES string of the molecule is COC(=O)COc1c(C(=O)OC)sc2cc(C(=O)O)ccc12.COC(=O)COc1c(C(=O)OC)sc2cc(C=C(Br)Br)ccc12.COC(=O)COc1c(C(=O)OC)sc2cc(C=O)ccc12.COC(=O)COc1c(C(=O)OC)sc2cc(CC(=O)N3CCCCC3)ccc12.O=C(O)COc1c(C(=O)O)sc2cc(CC(=O)N3CCCCC3)ccc12. The number of hydrogen-bond acceptors (Lipinski definition) is 32. The highest BCUT2D eigenvalue weighted by Crippen LogP contribution is 2.44. The molecule has 2 amide bonds. The smallest absolute Gasteiger partial charge is 0.351 e. The lowest BCUT2D eigenvalue weighted by atomic mass is 10.1. The van der Waals surface area contributed by atoms with Crippen LogP contribution in [0.15, 0.2) is 94.4 Å². The van der Waals surface area contributed by atoms with Gasteiger partial charge in [0, 0.05) is 82.2 Å². The van der Waals surface area contributed by atoms with Crippen molar-refractivity contribution in [2.75, 3.05) is 116 Å². The number of likely N-dealkylation sites (tertiary alicyclic amines) is 2. The Labute approximate surface area is 720 Å². The van der Waals surface area contributed by atoms with E-state index in [1.165, 1.54) is 104 Å². The molecule has 5 aromatic heterocycles. The molecule has 2 aliphatic heterocycles. The van der Waals surface area contributed by atoms with Crippen LogP contribution in [0.1, 0.15) is 124 Å². The lowest BCUT2D eigenvalue weighted by molar-refractivity contribution is -0.143. The summed E-state index contributed by atoms with van der Waals surface area (Å²) < 4.78 is 68.4. The molecule has 2 saturated heterocycles. The van der Waals surface area contributed by atoms with Gasteiger partial charge in [-0.3, -0.25) is 14.4 Å². The van der Waals surface area contributed by atoms with E-state index in [9.17, 15) is 72.2 Å². The van der Waals surface area contributed by atoms with Crippen molar-refractivity contribution >= 4 is 229 Å². The summed E-state index contributed by atoms with van der Waals surface area (Å²) in [6.07, 6.45) is 9.68. The number of piperidine rings is 2. The summed E-state index contributed by atoms with van der Waals surface area (Å²) in [5.74, 6) is -6.58. The number of aromatic carboxylic acids is 2. The van der Waals surface area contributed by atoms with Gasteiger partial charge in [0.15, 0.2) is 86.2 Å². The Balaban J connectivity index is 0.000000187. The van der Waals surface area contributed by atoms with E-state index < -0.39 is 72.3 Å². The number of fused-ring (bicyclic) bond motifs is 5. The van der Waals surface area contributed by atoms with E-state index >= 15 is 0 Å². The molecule has 12 rings (SSSR count). The molecule has 0 atom stereocenters. The molecule has 3 N–H and O–H groups in total. The molecule has 2 fully saturated rings. The second-order valence-electron chi connectivity index (χ2n) is 25.2. The van der Waals surface area contributed by atoms with Crippen LogP contribution < -0.4 is 23.7 Å². The van der Waals surface area contributed by atoms with Gasteiger partial charge in [0.1, 0.15) is 6.29 Å². The van der Waals surface area contributed by atoms with Gasteiger partial charge >= 0.3 is 65.7 Å². The van der Waals surface area contributed by atoms with E-state index in [1.807, 2.05) is 52.3 Å². The zero-order chi connectivity index (χ0) is 87.4. The standard InChI is InChI=1S/C20H23NO6S.C18H19NO6S.C15H12Br2O5S.C14H12O7S.C14H12O6S/c1-25-17(23)12-27-18-14-7-6-13(10-15(14)28-19(18)20(24)26-2)11-16(22)21-8-4-3-5-9-21;20-14(19-6-2-1-3-7-19)9-11-4-5-12-13(8-11)26-17(18(23)24)16(12)25-10-15(21)22;1-20-12(18)7-22-13-9-4-3-8(6-11(16)17)5-10(9)23-14(13)15(19)21-2;1-19-10(15)6-21-11-8-4-3-7(13(16)17)5-9(8)22-12(11)14(18)20-2;1-18-11(16)7-20-12-9-4-3-8(6-15)5-10(9)21-13(12)14(17)19-2/h6-7,10H,3-5,8-9,11-12H2,1-2H3;4-5,8H,1-3,6-7,9-10H2,(H,21,22)(H,23,24);3-6H,7H2,1-2H3;3-5H,6H2,1-2H3,(H,16,17);3-6H,7H2,1-2H3. The number of ether oxygens (including phenoxy) is 13. The largest absolute Gasteiger partial charge is 0.479 e. The van der Waals surface area contributed by atoms with E-state index in [0.29, 0.717) is 70.3 Å². The number of rotatable bonds is 27. The van der Waals surface area contributed by atoms with Crippen molar-refractivity contribution in [1.82, 2.24) is 9.80 Å². The summed E-state index contributed by atoms with van der Waals surface area (Å²) in [6, 6.07) is 25.7. The average molecular weight is 1880 g/mol. The normalized spacial score (nSPS) is 12.0. The van der Waals surface area contributed by atoms with E-state index in [-0.39, 0.29) is 87.0 Å². The van der Waals surface area contributed by atoms with Crippen LogP contribution in [0.4, 0.5) is 0 Å². The molecule has 0 aliphatic carbocycles. The van der Waals surface area contributed by atoms with Crippen LogP contribution in [0.25, 0.3) is 56.5 Å². The number of aliphatic carboxylic acids is 1. The number of carboxylic acid groups (broad SMARTS) is 3. The van der Waals surface area contributed by atoms with Crippen LogP contribution in [-0.4, -0.2) is 225 Å².